The van der Waals surface area contributed by atoms with E-state index in [0.717, 1.165) is 49.4 Å². The number of pyridine rings is 1. The number of nitrogens with zero attached hydrogens (tertiary/aromatic N) is 5. The van der Waals surface area contributed by atoms with E-state index in [4.69, 9.17) is 9.72 Å². The van der Waals surface area contributed by atoms with E-state index < -0.39 is 0 Å². The molecule has 1 saturated heterocycles. The lowest BCUT2D eigenvalue weighted by Gasteiger charge is -2.35. The van der Waals surface area contributed by atoms with Gasteiger partial charge in [0.15, 0.2) is 0 Å². The van der Waals surface area contributed by atoms with Crippen LogP contribution >= 0.6 is 0 Å². The van der Waals surface area contributed by atoms with Crippen LogP contribution in [0.25, 0.3) is 0 Å². The van der Waals surface area contributed by atoms with Gasteiger partial charge in [-0.2, -0.15) is 4.98 Å². The van der Waals surface area contributed by atoms with Crippen molar-refractivity contribution in [3.63, 3.8) is 0 Å². The highest BCUT2D eigenvalue weighted by molar-refractivity contribution is 5.62. The quantitative estimate of drug-likeness (QED) is 0.363. The monoisotopic (exact) mass is 480 g/mol. The van der Waals surface area contributed by atoms with Crippen LogP contribution in [0.5, 0.6) is 5.88 Å². The van der Waals surface area contributed by atoms with Gasteiger partial charge in [0.1, 0.15) is 6.61 Å². The SMILES string of the molecule is CN(c1ccncc1)c1ccc(CN(c2nccc(OCc3ccccc3)n2)C2CCCNC2)cc1. The van der Waals surface area contributed by atoms with Crippen molar-refractivity contribution in [1.82, 2.24) is 20.3 Å². The lowest BCUT2D eigenvalue weighted by atomic mass is 10.0. The Kier molecular flexibility index (Phi) is 7.68. The molecule has 4 aromatic rings. The Bertz CT molecular complexity index is 1210. The maximum Gasteiger partial charge on any atom is 0.229 e. The first-order valence-corrected chi connectivity index (χ1v) is 12.5. The third kappa shape index (κ3) is 5.98. The van der Waals surface area contributed by atoms with Gasteiger partial charge in [-0.3, -0.25) is 4.98 Å². The third-order valence-electron chi connectivity index (χ3n) is 6.54. The zero-order chi connectivity index (χ0) is 24.6. The van der Waals surface area contributed by atoms with E-state index in [9.17, 15) is 0 Å². The molecule has 1 aliphatic heterocycles. The van der Waals surface area contributed by atoms with Crippen molar-refractivity contribution < 1.29 is 4.74 Å². The summed E-state index contributed by atoms with van der Waals surface area (Å²) in [6.07, 6.45) is 7.66. The van der Waals surface area contributed by atoms with Crippen molar-refractivity contribution in [3.05, 3.63) is 103 Å². The Morgan fingerprint density at radius 3 is 2.42 bits per heavy atom. The molecule has 0 bridgehead atoms. The first-order chi connectivity index (χ1) is 17.8. The summed E-state index contributed by atoms with van der Waals surface area (Å²) in [5.74, 6) is 1.29. The molecule has 5 rings (SSSR count). The minimum Gasteiger partial charge on any atom is -0.473 e. The first kappa shape index (κ1) is 23.8. The first-order valence-electron chi connectivity index (χ1n) is 12.5. The fourth-order valence-corrected chi connectivity index (χ4v) is 4.48. The van der Waals surface area contributed by atoms with Crippen molar-refractivity contribution in [2.24, 2.45) is 0 Å². The van der Waals surface area contributed by atoms with E-state index in [0.29, 0.717) is 24.5 Å². The van der Waals surface area contributed by atoms with Crippen molar-refractivity contribution in [2.75, 3.05) is 29.9 Å². The predicted octanol–water partition coefficient (Wildman–Crippen LogP) is 4.98. The van der Waals surface area contributed by atoms with E-state index in [1.165, 1.54) is 5.56 Å². The molecule has 2 aromatic carbocycles. The van der Waals surface area contributed by atoms with Gasteiger partial charge < -0.3 is 19.9 Å². The molecule has 1 atom stereocenters. The van der Waals surface area contributed by atoms with Crippen molar-refractivity contribution in [2.45, 2.75) is 32.0 Å². The molecular weight excluding hydrogens is 448 g/mol. The van der Waals surface area contributed by atoms with Gasteiger partial charge in [0.25, 0.3) is 0 Å². The smallest absolute Gasteiger partial charge is 0.229 e. The van der Waals surface area contributed by atoms with Crippen LogP contribution in [0, 0.1) is 0 Å². The number of benzene rings is 2. The maximum absolute atomic E-state index is 6.00. The number of ether oxygens (including phenoxy) is 1. The Hall–Kier alpha value is -3.97. The number of hydrogen-bond acceptors (Lipinski definition) is 7. The van der Waals surface area contributed by atoms with Gasteiger partial charge in [-0.15, -0.1) is 0 Å². The molecular formula is C29H32N6O. The Morgan fingerprint density at radius 2 is 1.67 bits per heavy atom. The maximum atomic E-state index is 6.00. The number of anilines is 3. The average molecular weight is 481 g/mol. The van der Waals surface area contributed by atoms with E-state index in [-0.39, 0.29) is 0 Å². The third-order valence-corrected chi connectivity index (χ3v) is 6.54. The fraction of sp³-hybridized carbons (Fsp3) is 0.276. The van der Waals surface area contributed by atoms with Crippen molar-refractivity contribution in [1.29, 1.82) is 0 Å². The van der Waals surface area contributed by atoms with Crippen LogP contribution in [0.3, 0.4) is 0 Å². The summed E-state index contributed by atoms with van der Waals surface area (Å²) in [6, 6.07) is 25.0. The normalized spacial score (nSPS) is 15.3. The minimum absolute atomic E-state index is 0.322. The predicted molar refractivity (Wildman–Crippen MR) is 144 cm³/mol. The molecule has 1 N–H and O–H groups in total. The van der Waals surface area contributed by atoms with Crippen LogP contribution in [-0.2, 0) is 13.2 Å². The van der Waals surface area contributed by atoms with Gasteiger partial charge >= 0.3 is 0 Å². The molecule has 1 aliphatic rings. The van der Waals surface area contributed by atoms with Crippen molar-refractivity contribution >= 4 is 17.3 Å². The minimum atomic E-state index is 0.322. The number of nitrogens with one attached hydrogen (secondary N) is 1. The lowest BCUT2D eigenvalue weighted by molar-refractivity contribution is 0.293. The number of rotatable bonds is 9. The molecule has 0 spiro atoms. The van der Waals surface area contributed by atoms with Crippen LogP contribution in [-0.4, -0.2) is 41.1 Å². The second-order valence-corrected chi connectivity index (χ2v) is 9.03. The largest absolute Gasteiger partial charge is 0.473 e. The lowest BCUT2D eigenvalue weighted by Crippen LogP contribution is -2.46. The van der Waals surface area contributed by atoms with Crippen LogP contribution in [0.15, 0.2) is 91.4 Å². The van der Waals surface area contributed by atoms with Gasteiger partial charge in [0.05, 0.1) is 0 Å². The molecule has 7 heteroatoms. The average Bonchev–Trinajstić information content (AvgIpc) is 2.96. The van der Waals surface area contributed by atoms with Crippen molar-refractivity contribution in [3.8, 4) is 5.88 Å². The van der Waals surface area contributed by atoms with E-state index in [1.807, 2.05) is 48.8 Å². The highest BCUT2D eigenvalue weighted by atomic mass is 16.5. The summed E-state index contributed by atoms with van der Waals surface area (Å²) < 4.78 is 6.00. The van der Waals surface area contributed by atoms with Gasteiger partial charge in [-0.05, 0) is 54.8 Å². The molecule has 2 aromatic heterocycles. The van der Waals surface area contributed by atoms with Crippen LogP contribution < -0.4 is 19.9 Å². The molecule has 0 saturated carbocycles. The molecule has 0 amide bonds. The van der Waals surface area contributed by atoms with Crippen LogP contribution in [0.4, 0.5) is 17.3 Å². The summed E-state index contributed by atoms with van der Waals surface area (Å²) in [5.41, 5.74) is 4.56. The highest BCUT2D eigenvalue weighted by Gasteiger charge is 2.24. The highest BCUT2D eigenvalue weighted by Crippen LogP contribution is 2.26. The number of hydrogen-bond donors (Lipinski definition) is 1. The molecule has 1 fully saturated rings. The Labute approximate surface area is 212 Å². The summed E-state index contributed by atoms with van der Waals surface area (Å²) in [7, 11) is 2.07. The zero-order valence-electron chi connectivity index (χ0n) is 20.6. The Morgan fingerprint density at radius 1 is 0.889 bits per heavy atom. The fourth-order valence-electron chi connectivity index (χ4n) is 4.48. The van der Waals surface area contributed by atoms with Crippen LogP contribution in [0.1, 0.15) is 24.0 Å². The van der Waals surface area contributed by atoms with Gasteiger partial charge in [0, 0.05) is 62.2 Å². The molecule has 184 valence electrons. The molecule has 0 radical (unpaired) electrons. The summed E-state index contributed by atoms with van der Waals surface area (Å²) in [4.78, 5) is 18.0. The topological polar surface area (TPSA) is 66.4 Å². The number of piperidine rings is 1. The van der Waals surface area contributed by atoms with Crippen LogP contribution in [0.2, 0.25) is 0 Å². The standard InChI is InChI=1S/C29H32N6O/c1-34(26-13-17-30-18-14-26)25-11-9-23(10-12-25)21-35(27-8-5-16-31-20-27)29-32-19-15-28(33-29)36-22-24-6-3-2-4-7-24/h2-4,6-7,9-15,17-19,27,31H,5,8,16,20-22H2,1H3. The number of aromatic nitrogens is 3. The molecule has 1 unspecified atom stereocenters. The van der Waals surface area contributed by atoms with E-state index >= 15 is 0 Å². The zero-order valence-corrected chi connectivity index (χ0v) is 20.6. The van der Waals surface area contributed by atoms with E-state index in [2.05, 4.69) is 68.5 Å². The van der Waals surface area contributed by atoms with E-state index in [1.54, 1.807) is 6.20 Å². The summed E-state index contributed by atoms with van der Waals surface area (Å²) in [6.45, 7) is 3.19. The molecule has 36 heavy (non-hydrogen) atoms. The summed E-state index contributed by atoms with van der Waals surface area (Å²) in [5, 5.41) is 3.53. The van der Waals surface area contributed by atoms with Gasteiger partial charge in [-0.1, -0.05) is 42.5 Å². The van der Waals surface area contributed by atoms with Gasteiger partial charge in [-0.25, -0.2) is 4.98 Å². The molecule has 0 aliphatic carbocycles. The summed E-state index contributed by atoms with van der Waals surface area (Å²) >= 11 is 0. The second-order valence-electron chi connectivity index (χ2n) is 9.03. The van der Waals surface area contributed by atoms with Gasteiger partial charge in [0.2, 0.25) is 11.8 Å². The Balaban J connectivity index is 1.33. The molecule has 3 heterocycles. The second kappa shape index (κ2) is 11.6. The molecule has 7 nitrogen and oxygen atoms in total.